The van der Waals surface area contributed by atoms with Gasteiger partial charge in [0.05, 0.1) is 0 Å². The third kappa shape index (κ3) is 7.37. The van der Waals surface area contributed by atoms with Crippen LogP contribution in [0.1, 0.15) is 59.3 Å². The summed E-state index contributed by atoms with van der Waals surface area (Å²) in [7, 11) is 0. The number of hydrogen-bond donors (Lipinski definition) is 2. The Morgan fingerprint density at radius 3 is 2.12 bits per heavy atom. The van der Waals surface area contributed by atoms with Crippen molar-refractivity contribution < 1.29 is 4.79 Å². The topological polar surface area (TPSA) is 55.1 Å². The van der Waals surface area contributed by atoms with Gasteiger partial charge in [-0.25, -0.2) is 0 Å². The third-order valence-corrected chi connectivity index (χ3v) is 3.36. The lowest BCUT2D eigenvalue weighted by atomic mass is 9.96. The molecule has 0 radical (unpaired) electrons. The fraction of sp³-hybridized carbons (Fsp3) is 0.929. The molecule has 0 spiro atoms. The number of carbonyl (C=O) groups is 1. The number of hydrogen-bond acceptors (Lipinski definition) is 2. The molecule has 3 heteroatoms. The molecule has 1 atom stereocenters. The van der Waals surface area contributed by atoms with E-state index in [9.17, 15) is 4.79 Å². The van der Waals surface area contributed by atoms with Crippen LogP contribution in [0.15, 0.2) is 0 Å². The molecule has 102 valence electrons. The molecule has 0 aromatic rings. The Morgan fingerprint density at radius 1 is 1.12 bits per heavy atom. The summed E-state index contributed by atoms with van der Waals surface area (Å²) in [6.45, 7) is 7.93. The fourth-order valence-corrected chi connectivity index (χ4v) is 2.18. The lowest BCUT2D eigenvalue weighted by Gasteiger charge is -2.19. The summed E-state index contributed by atoms with van der Waals surface area (Å²) in [5.41, 5.74) is 5.55. The van der Waals surface area contributed by atoms with Crippen molar-refractivity contribution in [1.29, 1.82) is 0 Å². The largest absolute Gasteiger partial charge is 0.356 e. The van der Waals surface area contributed by atoms with Gasteiger partial charge in [0.25, 0.3) is 0 Å². The zero-order valence-corrected chi connectivity index (χ0v) is 11.8. The Labute approximate surface area is 107 Å². The van der Waals surface area contributed by atoms with Crippen LogP contribution in [0.4, 0.5) is 0 Å². The monoisotopic (exact) mass is 242 g/mol. The molecule has 0 saturated heterocycles. The number of carbonyl (C=O) groups excluding carboxylic acids is 1. The van der Waals surface area contributed by atoms with E-state index in [-0.39, 0.29) is 11.8 Å². The second kappa shape index (κ2) is 10.6. The molecule has 0 saturated carbocycles. The van der Waals surface area contributed by atoms with Gasteiger partial charge in [-0.15, -0.1) is 0 Å². The average Bonchev–Trinajstić information content (AvgIpc) is 2.33. The predicted octanol–water partition coefficient (Wildman–Crippen LogP) is 2.69. The second-order valence-corrected chi connectivity index (χ2v) is 4.87. The summed E-state index contributed by atoms with van der Waals surface area (Å²) in [6.07, 6.45) is 6.27. The number of rotatable bonds is 10. The van der Waals surface area contributed by atoms with Crippen LogP contribution < -0.4 is 11.1 Å². The van der Waals surface area contributed by atoms with Crippen molar-refractivity contribution in [3.05, 3.63) is 0 Å². The van der Waals surface area contributed by atoms with Gasteiger partial charge in [0, 0.05) is 12.5 Å². The molecule has 0 aliphatic heterocycles. The summed E-state index contributed by atoms with van der Waals surface area (Å²) in [6, 6.07) is 0. The lowest BCUT2D eigenvalue weighted by molar-refractivity contribution is -0.125. The first kappa shape index (κ1) is 16.4. The van der Waals surface area contributed by atoms with Gasteiger partial charge in [0.2, 0.25) is 5.91 Å². The molecular weight excluding hydrogens is 212 g/mol. The quantitative estimate of drug-likeness (QED) is 0.619. The van der Waals surface area contributed by atoms with E-state index in [1.165, 1.54) is 0 Å². The molecule has 0 aromatic carbocycles. The maximum atomic E-state index is 12.0. The van der Waals surface area contributed by atoms with Gasteiger partial charge in [0.15, 0.2) is 0 Å². The molecule has 0 aliphatic carbocycles. The fourth-order valence-electron chi connectivity index (χ4n) is 2.18. The van der Waals surface area contributed by atoms with Crippen LogP contribution in [0.3, 0.4) is 0 Å². The summed E-state index contributed by atoms with van der Waals surface area (Å²) >= 11 is 0. The van der Waals surface area contributed by atoms with Gasteiger partial charge >= 0.3 is 0 Å². The molecule has 0 rings (SSSR count). The SMILES string of the molecule is CCCC(CCC)C(=O)NCC(CC)CCN. The van der Waals surface area contributed by atoms with E-state index in [0.29, 0.717) is 12.5 Å². The van der Waals surface area contributed by atoms with Crippen molar-refractivity contribution in [1.82, 2.24) is 5.32 Å². The van der Waals surface area contributed by atoms with E-state index >= 15 is 0 Å². The van der Waals surface area contributed by atoms with Crippen LogP contribution in [0, 0.1) is 11.8 Å². The molecule has 0 heterocycles. The van der Waals surface area contributed by atoms with Crippen molar-refractivity contribution in [2.45, 2.75) is 59.3 Å². The molecule has 0 aromatic heterocycles. The zero-order valence-electron chi connectivity index (χ0n) is 11.8. The minimum absolute atomic E-state index is 0.209. The van der Waals surface area contributed by atoms with E-state index < -0.39 is 0 Å². The van der Waals surface area contributed by atoms with Crippen LogP contribution in [0.25, 0.3) is 0 Å². The van der Waals surface area contributed by atoms with Gasteiger partial charge in [0.1, 0.15) is 0 Å². The second-order valence-electron chi connectivity index (χ2n) is 4.87. The lowest BCUT2D eigenvalue weighted by Crippen LogP contribution is -2.34. The third-order valence-electron chi connectivity index (χ3n) is 3.36. The highest BCUT2D eigenvalue weighted by Crippen LogP contribution is 2.14. The van der Waals surface area contributed by atoms with Gasteiger partial charge in [-0.3, -0.25) is 4.79 Å². The van der Waals surface area contributed by atoms with Gasteiger partial charge in [-0.1, -0.05) is 40.0 Å². The number of nitrogens with two attached hydrogens (primary N) is 1. The highest BCUT2D eigenvalue weighted by Gasteiger charge is 2.17. The molecule has 17 heavy (non-hydrogen) atoms. The maximum Gasteiger partial charge on any atom is 0.223 e. The van der Waals surface area contributed by atoms with Crippen molar-refractivity contribution >= 4 is 5.91 Å². The van der Waals surface area contributed by atoms with E-state index in [1.807, 2.05) is 0 Å². The Kier molecular flexibility index (Phi) is 10.2. The predicted molar refractivity (Wildman–Crippen MR) is 73.8 cm³/mol. The highest BCUT2D eigenvalue weighted by molar-refractivity contribution is 5.78. The molecular formula is C14H30N2O. The first-order chi connectivity index (χ1) is 8.19. The summed E-state index contributed by atoms with van der Waals surface area (Å²) in [5.74, 6) is 0.984. The number of nitrogens with one attached hydrogen (secondary N) is 1. The van der Waals surface area contributed by atoms with Crippen molar-refractivity contribution in [3.8, 4) is 0 Å². The Morgan fingerprint density at radius 2 is 1.71 bits per heavy atom. The van der Waals surface area contributed by atoms with Gasteiger partial charge < -0.3 is 11.1 Å². The van der Waals surface area contributed by atoms with Crippen LogP contribution in [0.2, 0.25) is 0 Å². The van der Waals surface area contributed by atoms with Crippen molar-refractivity contribution in [2.75, 3.05) is 13.1 Å². The Balaban J connectivity index is 4.02. The van der Waals surface area contributed by atoms with E-state index in [1.54, 1.807) is 0 Å². The minimum Gasteiger partial charge on any atom is -0.356 e. The summed E-state index contributed by atoms with van der Waals surface area (Å²) in [5, 5.41) is 3.09. The molecule has 0 aliphatic rings. The molecule has 3 nitrogen and oxygen atoms in total. The van der Waals surface area contributed by atoms with Crippen LogP contribution in [-0.4, -0.2) is 19.0 Å². The van der Waals surface area contributed by atoms with Crippen LogP contribution in [0.5, 0.6) is 0 Å². The highest BCUT2D eigenvalue weighted by atomic mass is 16.1. The Hall–Kier alpha value is -0.570. The molecule has 1 unspecified atom stereocenters. The molecule has 0 fully saturated rings. The van der Waals surface area contributed by atoms with Gasteiger partial charge in [-0.05, 0) is 31.7 Å². The van der Waals surface area contributed by atoms with Crippen molar-refractivity contribution in [2.24, 2.45) is 17.6 Å². The maximum absolute atomic E-state index is 12.0. The van der Waals surface area contributed by atoms with Crippen molar-refractivity contribution in [3.63, 3.8) is 0 Å². The normalized spacial score (nSPS) is 12.8. The van der Waals surface area contributed by atoms with E-state index in [0.717, 1.165) is 45.1 Å². The van der Waals surface area contributed by atoms with E-state index in [4.69, 9.17) is 5.73 Å². The number of amides is 1. The summed E-state index contributed by atoms with van der Waals surface area (Å²) in [4.78, 5) is 12.0. The average molecular weight is 242 g/mol. The first-order valence-corrected chi connectivity index (χ1v) is 7.17. The first-order valence-electron chi connectivity index (χ1n) is 7.17. The zero-order chi connectivity index (χ0) is 13.1. The minimum atomic E-state index is 0.209. The standard InChI is InChI=1S/C14H30N2O/c1-4-7-13(8-5-2)14(17)16-11-12(6-3)9-10-15/h12-13H,4-11,15H2,1-3H3,(H,16,17). The van der Waals surface area contributed by atoms with Gasteiger partial charge in [-0.2, -0.15) is 0 Å². The van der Waals surface area contributed by atoms with Crippen LogP contribution >= 0.6 is 0 Å². The smallest absolute Gasteiger partial charge is 0.223 e. The molecule has 3 N–H and O–H groups in total. The van der Waals surface area contributed by atoms with Crippen LogP contribution in [-0.2, 0) is 4.79 Å². The van der Waals surface area contributed by atoms with E-state index in [2.05, 4.69) is 26.1 Å². The molecule has 0 bridgehead atoms. The summed E-state index contributed by atoms with van der Waals surface area (Å²) < 4.78 is 0. The Bertz CT molecular complexity index is 189. The molecule has 1 amide bonds.